The number of amides is 1. The molecule has 0 aromatic heterocycles. The first-order valence-electron chi connectivity index (χ1n) is 6.88. The van der Waals surface area contributed by atoms with Crippen LogP contribution in [0.1, 0.15) is 39.0 Å². The largest absolute Gasteiger partial charge is 0.356 e. The molecule has 1 unspecified atom stereocenters. The molecule has 1 heterocycles. The van der Waals surface area contributed by atoms with Crippen LogP contribution in [0.2, 0.25) is 0 Å². The van der Waals surface area contributed by atoms with Crippen molar-refractivity contribution in [2.24, 2.45) is 5.92 Å². The highest BCUT2D eigenvalue weighted by molar-refractivity contribution is 7.99. The molecule has 0 saturated carbocycles. The minimum Gasteiger partial charge on any atom is -0.356 e. The number of carbonyl (C=O) groups excluding carboxylic acids is 1. The average molecular weight is 295 g/mol. The molecule has 0 aliphatic carbocycles. The normalized spacial score (nSPS) is 19.1. The predicted molar refractivity (Wildman–Crippen MR) is 82.7 cm³/mol. The van der Waals surface area contributed by atoms with Crippen LogP contribution in [-0.4, -0.2) is 37.0 Å². The Morgan fingerprint density at radius 3 is 2.94 bits per heavy atom. The van der Waals surface area contributed by atoms with Crippen molar-refractivity contribution in [3.63, 3.8) is 0 Å². The highest BCUT2D eigenvalue weighted by Gasteiger charge is 2.13. The van der Waals surface area contributed by atoms with E-state index in [4.69, 9.17) is 0 Å². The maximum absolute atomic E-state index is 11.6. The molecule has 108 valence electrons. The van der Waals surface area contributed by atoms with Crippen LogP contribution in [0.25, 0.3) is 0 Å². The van der Waals surface area contributed by atoms with E-state index in [0.717, 1.165) is 25.4 Å². The quantitative estimate of drug-likeness (QED) is 0.676. The van der Waals surface area contributed by atoms with Crippen molar-refractivity contribution in [2.45, 2.75) is 39.0 Å². The molecule has 0 aromatic rings. The lowest BCUT2D eigenvalue weighted by Gasteiger charge is -2.22. The van der Waals surface area contributed by atoms with Gasteiger partial charge in [0.15, 0.2) is 0 Å². The van der Waals surface area contributed by atoms with Crippen molar-refractivity contribution < 1.29 is 4.79 Å². The van der Waals surface area contributed by atoms with Gasteiger partial charge in [-0.15, -0.1) is 12.4 Å². The smallest absolute Gasteiger partial charge is 0.220 e. The summed E-state index contributed by atoms with van der Waals surface area (Å²) in [5.41, 5.74) is 0. The Hall–Kier alpha value is 0.0700. The van der Waals surface area contributed by atoms with Crippen LogP contribution in [0.3, 0.4) is 0 Å². The molecule has 0 radical (unpaired) electrons. The van der Waals surface area contributed by atoms with E-state index in [2.05, 4.69) is 17.6 Å². The van der Waals surface area contributed by atoms with Crippen molar-refractivity contribution in [3.8, 4) is 0 Å². The van der Waals surface area contributed by atoms with Crippen LogP contribution < -0.4 is 10.6 Å². The minimum atomic E-state index is 0. The predicted octanol–water partition coefficient (Wildman–Crippen LogP) is 2.45. The van der Waals surface area contributed by atoms with Gasteiger partial charge in [-0.3, -0.25) is 4.79 Å². The fraction of sp³-hybridized carbons (Fsp3) is 0.923. The van der Waals surface area contributed by atoms with Gasteiger partial charge < -0.3 is 10.6 Å². The third kappa shape index (κ3) is 9.06. The van der Waals surface area contributed by atoms with Crippen molar-refractivity contribution in [1.29, 1.82) is 0 Å². The molecule has 3 nitrogen and oxygen atoms in total. The summed E-state index contributed by atoms with van der Waals surface area (Å²) >= 11 is 1.89. The second-order valence-electron chi connectivity index (χ2n) is 4.73. The van der Waals surface area contributed by atoms with Gasteiger partial charge in [0.2, 0.25) is 5.91 Å². The average Bonchev–Trinajstić information content (AvgIpc) is 2.37. The molecule has 0 bridgehead atoms. The van der Waals surface area contributed by atoms with Gasteiger partial charge >= 0.3 is 0 Å². The Morgan fingerprint density at radius 1 is 1.44 bits per heavy atom. The Labute approximate surface area is 122 Å². The van der Waals surface area contributed by atoms with E-state index in [1.807, 2.05) is 11.8 Å². The second-order valence-corrected chi connectivity index (χ2v) is 5.96. The van der Waals surface area contributed by atoms with Gasteiger partial charge in [0.1, 0.15) is 0 Å². The highest BCUT2D eigenvalue weighted by atomic mass is 35.5. The van der Waals surface area contributed by atoms with Crippen LogP contribution in [0, 0.1) is 5.92 Å². The number of thioether (sulfide) groups is 1. The van der Waals surface area contributed by atoms with E-state index in [1.54, 1.807) is 0 Å². The summed E-state index contributed by atoms with van der Waals surface area (Å²) in [7, 11) is 0. The number of hydrogen-bond acceptors (Lipinski definition) is 3. The number of halogens is 1. The standard InChI is InChI=1S/C13H26N2OS.ClH/c1-2-3-8-17-9-6-13(16)15-11-12-5-4-7-14-10-12;/h12,14H,2-11H2,1H3,(H,15,16);1H. The number of unbranched alkanes of at least 4 members (excludes halogenated alkanes) is 1. The van der Waals surface area contributed by atoms with Crippen LogP contribution in [0.4, 0.5) is 0 Å². The van der Waals surface area contributed by atoms with Crippen LogP contribution in [0.5, 0.6) is 0 Å². The lowest BCUT2D eigenvalue weighted by molar-refractivity contribution is -0.120. The van der Waals surface area contributed by atoms with Gasteiger partial charge in [-0.1, -0.05) is 13.3 Å². The van der Waals surface area contributed by atoms with Crippen molar-refractivity contribution >= 4 is 30.1 Å². The van der Waals surface area contributed by atoms with Gasteiger partial charge in [-0.25, -0.2) is 0 Å². The van der Waals surface area contributed by atoms with Gasteiger partial charge in [0, 0.05) is 18.7 Å². The summed E-state index contributed by atoms with van der Waals surface area (Å²) in [5, 5.41) is 6.42. The van der Waals surface area contributed by atoms with Crippen LogP contribution >= 0.6 is 24.2 Å². The Kier molecular flexibility index (Phi) is 12.2. The summed E-state index contributed by atoms with van der Waals surface area (Å²) in [4.78, 5) is 11.6. The first kappa shape index (κ1) is 18.1. The lowest BCUT2D eigenvalue weighted by Crippen LogP contribution is -2.38. The van der Waals surface area contributed by atoms with E-state index < -0.39 is 0 Å². The van der Waals surface area contributed by atoms with E-state index >= 15 is 0 Å². The maximum Gasteiger partial charge on any atom is 0.220 e. The summed E-state index contributed by atoms with van der Waals surface area (Å²) in [6.45, 7) is 5.25. The monoisotopic (exact) mass is 294 g/mol. The van der Waals surface area contributed by atoms with E-state index in [-0.39, 0.29) is 18.3 Å². The zero-order chi connectivity index (χ0) is 12.3. The minimum absolute atomic E-state index is 0. The zero-order valence-corrected chi connectivity index (χ0v) is 13.0. The first-order chi connectivity index (χ1) is 8.33. The molecular formula is C13H27ClN2OS. The van der Waals surface area contributed by atoms with Gasteiger partial charge in [-0.05, 0) is 44.0 Å². The van der Waals surface area contributed by atoms with Gasteiger partial charge in [0.05, 0.1) is 0 Å². The summed E-state index contributed by atoms with van der Waals surface area (Å²) in [6.07, 6.45) is 5.67. The lowest BCUT2D eigenvalue weighted by atomic mass is 10.00. The molecule has 2 N–H and O–H groups in total. The zero-order valence-electron chi connectivity index (χ0n) is 11.4. The van der Waals surface area contributed by atoms with E-state index in [1.165, 1.54) is 31.4 Å². The molecule has 1 aliphatic rings. The number of rotatable bonds is 8. The Balaban J connectivity index is 0.00000289. The van der Waals surface area contributed by atoms with Crippen molar-refractivity contribution in [2.75, 3.05) is 31.1 Å². The molecular weight excluding hydrogens is 268 g/mol. The summed E-state index contributed by atoms with van der Waals surface area (Å²) in [5.74, 6) is 3.02. The number of carbonyl (C=O) groups is 1. The molecule has 1 fully saturated rings. The number of piperidine rings is 1. The highest BCUT2D eigenvalue weighted by Crippen LogP contribution is 2.09. The second kappa shape index (κ2) is 12.1. The third-order valence-corrected chi connectivity index (χ3v) is 4.17. The molecule has 5 heteroatoms. The molecule has 0 aromatic carbocycles. The molecule has 1 atom stereocenters. The first-order valence-corrected chi connectivity index (χ1v) is 8.03. The fourth-order valence-electron chi connectivity index (χ4n) is 1.96. The summed E-state index contributed by atoms with van der Waals surface area (Å²) in [6, 6.07) is 0. The Morgan fingerprint density at radius 2 is 2.28 bits per heavy atom. The van der Waals surface area contributed by atoms with E-state index in [0.29, 0.717) is 12.3 Å². The van der Waals surface area contributed by atoms with Crippen molar-refractivity contribution in [3.05, 3.63) is 0 Å². The molecule has 1 aliphatic heterocycles. The molecule has 18 heavy (non-hydrogen) atoms. The molecule has 0 spiro atoms. The van der Waals surface area contributed by atoms with E-state index in [9.17, 15) is 4.79 Å². The van der Waals surface area contributed by atoms with Crippen LogP contribution in [0.15, 0.2) is 0 Å². The topological polar surface area (TPSA) is 41.1 Å². The molecule has 1 amide bonds. The van der Waals surface area contributed by atoms with Crippen molar-refractivity contribution in [1.82, 2.24) is 10.6 Å². The molecule has 1 rings (SSSR count). The molecule has 1 saturated heterocycles. The summed E-state index contributed by atoms with van der Waals surface area (Å²) < 4.78 is 0. The SMILES string of the molecule is CCCCSCCC(=O)NCC1CCCNC1.Cl. The number of hydrogen-bond donors (Lipinski definition) is 2. The maximum atomic E-state index is 11.6. The Bertz CT molecular complexity index is 211. The third-order valence-electron chi connectivity index (χ3n) is 3.10. The number of nitrogens with one attached hydrogen (secondary N) is 2. The van der Waals surface area contributed by atoms with Gasteiger partial charge in [0.25, 0.3) is 0 Å². The fourth-order valence-corrected chi connectivity index (χ4v) is 2.98. The van der Waals surface area contributed by atoms with Crippen LogP contribution in [-0.2, 0) is 4.79 Å². The van der Waals surface area contributed by atoms with Gasteiger partial charge in [-0.2, -0.15) is 11.8 Å².